The second kappa shape index (κ2) is 6.71. The topological polar surface area (TPSA) is 70.7 Å². The van der Waals surface area contributed by atoms with Crippen LogP contribution in [0.1, 0.15) is 0 Å². The van der Waals surface area contributed by atoms with Crippen molar-refractivity contribution < 1.29 is 26.3 Å². The van der Waals surface area contributed by atoms with Crippen LogP contribution in [0, 0.1) is 0 Å². The normalized spacial score (nSPS) is 17.2. The Morgan fingerprint density at radius 3 is 2.32 bits per heavy atom. The van der Waals surface area contributed by atoms with Crippen LogP contribution in [-0.4, -0.2) is 51.7 Å². The number of alkyl halides is 3. The average molecular weight is 339 g/mol. The molecule has 1 aliphatic rings. The summed E-state index contributed by atoms with van der Waals surface area (Å²) in [7, 11) is -3.83. The number of hydrogen-bond donors (Lipinski definition) is 2. The maximum absolute atomic E-state index is 12.3. The van der Waals surface area contributed by atoms with Crippen molar-refractivity contribution in [2.45, 2.75) is 6.18 Å². The van der Waals surface area contributed by atoms with Gasteiger partial charge in [0, 0.05) is 13.1 Å². The lowest BCUT2D eigenvalue weighted by molar-refractivity contribution is -0.115. The van der Waals surface area contributed by atoms with E-state index in [0.29, 0.717) is 0 Å². The Labute approximate surface area is 126 Å². The van der Waals surface area contributed by atoms with Crippen LogP contribution in [0.25, 0.3) is 0 Å². The summed E-state index contributed by atoms with van der Waals surface area (Å²) in [5.41, 5.74) is 0.134. The highest BCUT2D eigenvalue weighted by atomic mass is 32.2. The summed E-state index contributed by atoms with van der Waals surface area (Å²) < 4.78 is 69.8. The molecule has 0 bridgehead atoms. The molecule has 0 aliphatic carbocycles. The number of nitrogens with zero attached hydrogens (tertiary/aromatic N) is 1. The van der Waals surface area contributed by atoms with Crippen molar-refractivity contribution in [3.05, 3.63) is 24.3 Å². The monoisotopic (exact) mass is 339 g/mol. The van der Waals surface area contributed by atoms with Crippen LogP contribution >= 0.6 is 0 Å². The molecular formula is C12H16F3N3O3S. The van der Waals surface area contributed by atoms with Crippen LogP contribution in [-0.2, 0) is 14.9 Å². The summed E-state index contributed by atoms with van der Waals surface area (Å²) >= 11 is 0. The molecule has 124 valence electrons. The molecule has 0 atom stereocenters. The number of morpholine rings is 1. The minimum Gasteiger partial charge on any atom is -0.379 e. The van der Waals surface area contributed by atoms with Crippen molar-refractivity contribution >= 4 is 21.6 Å². The fourth-order valence-corrected chi connectivity index (χ4v) is 3.13. The van der Waals surface area contributed by atoms with E-state index in [4.69, 9.17) is 4.74 Å². The number of hydrogen-bond acceptors (Lipinski definition) is 4. The van der Waals surface area contributed by atoms with Crippen molar-refractivity contribution in [1.82, 2.24) is 4.31 Å². The quantitative estimate of drug-likeness (QED) is 0.856. The van der Waals surface area contributed by atoms with E-state index in [-0.39, 0.29) is 37.7 Å². The largest absolute Gasteiger partial charge is 0.405 e. The van der Waals surface area contributed by atoms with Crippen LogP contribution in [0.5, 0.6) is 0 Å². The zero-order chi connectivity index (χ0) is 16.2. The summed E-state index contributed by atoms with van der Waals surface area (Å²) in [5, 5.41) is 2.18. The molecule has 0 spiro atoms. The van der Waals surface area contributed by atoms with Gasteiger partial charge in [-0.2, -0.15) is 25.9 Å². The first-order chi connectivity index (χ1) is 10.3. The highest BCUT2D eigenvalue weighted by Crippen LogP contribution is 2.25. The number of benzene rings is 1. The van der Waals surface area contributed by atoms with Crippen LogP contribution < -0.4 is 10.0 Å². The smallest absolute Gasteiger partial charge is 0.379 e. The Bertz CT molecular complexity index is 601. The van der Waals surface area contributed by atoms with Gasteiger partial charge in [0.25, 0.3) is 0 Å². The fourth-order valence-electron chi connectivity index (χ4n) is 1.91. The molecule has 1 aromatic carbocycles. The first-order valence-electron chi connectivity index (χ1n) is 6.53. The van der Waals surface area contributed by atoms with Crippen molar-refractivity contribution in [1.29, 1.82) is 0 Å². The third kappa shape index (κ3) is 4.75. The maximum atomic E-state index is 12.3. The predicted molar refractivity (Wildman–Crippen MR) is 75.9 cm³/mol. The van der Waals surface area contributed by atoms with Gasteiger partial charge in [-0.05, 0) is 12.1 Å². The summed E-state index contributed by atoms with van der Waals surface area (Å²) in [6.07, 6.45) is -4.39. The molecule has 1 fully saturated rings. The molecule has 1 saturated heterocycles. The Kier molecular flexibility index (Phi) is 5.14. The van der Waals surface area contributed by atoms with Gasteiger partial charge < -0.3 is 10.1 Å². The molecule has 2 N–H and O–H groups in total. The van der Waals surface area contributed by atoms with Crippen LogP contribution in [0.4, 0.5) is 24.5 Å². The van der Waals surface area contributed by atoms with Gasteiger partial charge in [0.1, 0.15) is 6.54 Å². The van der Waals surface area contributed by atoms with Crippen LogP contribution in [0.2, 0.25) is 0 Å². The van der Waals surface area contributed by atoms with Gasteiger partial charge in [0.05, 0.1) is 24.6 Å². The van der Waals surface area contributed by atoms with E-state index in [0.717, 1.165) is 0 Å². The molecule has 1 aromatic rings. The van der Waals surface area contributed by atoms with Gasteiger partial charge >= 0.3 is 16.4 Å². The summed E-state index contributed by atoms with van der Waals surface area (Å²) in [5.74, 6) is 0. The lowest BCUT2D eigenvalue weighted by atomic mass is 10.3. The molecular weight excluding hydrogens is 323 g/mol. The predicted octanol–water partition coefficient (Wildman–Crippen LogP) is 1.65. The van der Waals surface area contributed by atoms with Gasteiger partial charge in [-0.1, -0.05) is 12.1 Å². The third-order valence-corrected chi connectivity index (χ3v) is 4.48. The number of halogens is 3. The van der Waals surface area contributed by atoms with E-state index in [1.807, 2.05) is 0 Å². The third-order valence-electron chi connectivity index (χ3n) is 2.96. The van der Waals surface area contributed by atoms with E-state index in [2.05, 4.69) is 10.0 Å². The molecule has 2 rings (SSSR count). The minimum absolute atomic E-state index is 0.0664. The molecule has 0 aromatic heterocycles. The number of anilines is 2. The second-order valence-corrected chi connectivity index (χ2v) is 6.30. The minimum atomic E-state index is -4.39. The molecule has 1 heterocycles. The van der Waals surface area contributed by atoms with Crippen LogP contribution in [0.15, 0.2) is 24.3 Å². The molecule has 6 nitrogen and oxygen atoms in total. The van der Waals surface area contributed by atoms with Gasteiger partial charge in [-0.3, -0.25) is 4.72 Å². The molecule has 22 heavy (non-hydrogen) atoms. The zero-order valence-corrected chi connectivity index (χ0v) is 12.4. The molecule has 10 heteroatoms. The number of nitrogens with one attached hydrogen (secondary N) is 2. The standard InChI is InChI=1S/C12H16F3N3O3S/c13-12(14,15)9-16-10-3-1-2-4-11(10)17-22(19,20)18-5-7-21-8-6-18/h1-4,16-17H,5-9H2. The molecule has 0 amide bonds. The molecule has 1 aliphatic heterocycles. The number of rotatable bonds is 5. The van der Waals surface area contributed by atoms with Crippen molar-refractivity contribution in [3.63, 3.8) is 0 Å². The van der Waals surface area contributed by atoms with Gasteiger partial charge in [0.15, 0.2) is 0 Å². The van der Waals surface area contributed by atoms with Gasteiger partial charge in [-0.15, -0.1) is 0 Å². The van der Waals surface area contributed by atoms with Gasteiger partial charge in [0.2, 0.25) is 0 Å². The van der Waals surface area contributed by atoms with Crippen molar-refractivity contribution in [3.8, 4) is 0 Å². The van der Waals surface area contributed by atoms with E-state index in [1.54, 1.807) is 0 Å². The Morgan fingerprint density at radius 1 is 1.14 bits per heavy atom. The van der Waals surface area contributed by atoms with E-state index in [1.165, 1.54) is 28.6 Å². The highest BCUT2D eigenvalue weighted by Gasteiger charge is 2.28. The zero-order valence-electron chi connectivity index (χ0n) is 11.6. The summed E-state index contributed by atoms with van der Waals surface area (Å²) in [4.78, 5) is 0. The van der Waals surface area contributed by atoms with Crippen molar-refractivity contribution in [2.24, 2.45) is 0 Å². The average Bonchev–Trinajstić information content (AvgIpc) is 2.46. The van der Waals surface area contributed by atoms with Crippen LogP contribution in [0.3, 0.4) is 0 Å². The number of ether oxygens (including phenoxy) is 1. The molecule has 0 radical (unpaired) electrons. The fraction of sp³-hybridized carbons (Fsp3) is 0.500. The SMILES string of the molecule is O=S(=O)(Nc1ccccc1NCC(F)(F)F)N1CCOCC1. The first kappa shape index (κ1) is 16.8. The van der Waals surface area contributed by atoms with E-state index < -0.39 is 22.9 Å². The van der Waals surface area contributed by atoms with E-state index in [9.17, 15) is 21.6 Å². The second-order valence-electron chi connectivity index (χ2n) is 4.63. The summed E-state index contributed by atoms with van der Waals surface area (Å²) in [6, 6.07) is 5.83. The molecule has 0 unspecified atom stereocenters. The highest BCUT2D eigenvalue weighted by molar-refractivity contribution is 7.90. The number of para-hydroxylation sites is 2. The van der Waals surface area contributed by atoms with Gasteiger partial charge in [-0.25, -0.2) is 0 Å². The Morgan fingerprint density at radius 2 is 1.73 bits per heavy atom. The summed E-state index contributed by atoms with van der Waals surface area (Å²) in [6.45, 7) is -0.270. The lowest BCUT2D eigenvalue weighted by Crippen LogP contribution is -2.43. The molecule has 0 saturated carbocycles. The van der Waals surface area contributed by atoms with E-state index >= 15 is 0 Å². The first-order valence-corrected chi connectivity index (χ1v) is 7.97. The van der Waals surface area contributed by atoms with Crippen molar-refractivity contribution in [2.75, 3.05) is 42.9 Å². The maximum Gasteiger partial charge on any atom is 0.405 e. The lowest BCUT2D eigenvalue weighted by Gasteiger charge is -2.27. The Hall–Kier alpha value is -1.52. The Balaban J connectivity index is 2.11.